The van der Waals surface area contributed by atoms with Crippen molar-refractivity contribution in [3.63, 3.8) is 0 Å². The van der Waals surface area contributed by atoms with Crippen LogP contribution < -0.4 is 10.6 Å². The summed E-state index contributed by atoms with van der Waals surface area (Å²) < 4.78 is 5.57. The van der Waals surface area contributed by atoms with Crippen LogP contribution in [-0.4, -0.2) is 43.3 Å². The average molecular weight is 298 g/mol. The number of nitrogens with one attached hydrogen (secondary N) is 2. The second kappa shape index (κ2) is 7.93. The van der Waals surface area contributed by atoms with E-state index in [0.717, 1.165) is 52.0 Å². The lowest BCUT2D eigenvalue weighted by Crippen LogP contribution is -2.47. The quantitative estimate of drug-likeness (QED) is 0.767. The van der Waals surface area contributed by atoms with Gasteiger partial charge in [0.15, 0.2) is 0 Å². The van der Waals surface area contributed by atoms with Gasteiger partial charge in [-0.15, -0.1) is 0 Å². The molecule has 0 aromatic heterocycles. The Labute approximate surface area is 126 Å². The maximum Gasteiger partial charge on any atom is 0.314 e. The van der Waals surface area contributed by atoms with Crippen LogP contribution in [0.5, 0.6) is 0 Å². The fourth-order valence-corrected chi connectivity index (χ4v) is 3.57. The molecule has 1 aliphatic carbocycles. The van der Waals surface area contributed by atoms with Gasteiger partial charge in [0.05, 0.1) is 0 Å². The highest BCUT2D eigenvalue weighted by Gasteiger charge is 2.32. The Balaban J connectivity index is 1.67. The van der Waals surface area contributed by atoms with Crippen molar-refractivity contribution in [1.82, 2.24) is 10.6 Å². The van der Waals surface area contributed by atoms with Crippen molar-refractivity contribution in [3.05, 3.63) is 12.2 Å². The Morgan fingerprint density at radius 2 is 2.15 bits per heavy atom. The third-order valence-corrected chi connectivity index (χ3v) is 5.76. The summed E-state index contributed by atoms with van der Waals surface area (Å²) in [5, 5.41) is 6.05. The average Bonchev–Trinajstić information content (AvgIpc) is 2.53. The molecule has 0 unspecified atom stereocenters. The zero-order valence-electron chi connectivity index (χ0n) is 12.3. The summed E-state index contributed by atoms with van der Waals surface area (Å²) in [6, 6.07) is -0.0283. The SMILES string of the molecule is CSC1(CNC(=O)NC[C@@H]2CC=CCC2)CCOCC1. The summed E-state index contributed by atoms with van der Waals surface area (Å²) >= 11 is 1.85. The van der Waals surface area contributed by atoms with Gasteiger partial charge < -0.3 is 15.4 Å². The van der Waals surface area contributed by atoms with Crippen LogP contribution in [-0.2, 0) is 4.74 Å². The summed E-state index contributed by atoms with van der Waals surface area (Å²) in [4.78, 5) is 11.9. The Hall–Kier alpha value is -0.680. The first-order valence-electron chi connectivity index (χ1n) is 7.54. The summed E-state index contributed by atoms with van der Waals surface area (Å²) in [6.45, 7) is 3.12. The Kier molecular flexibility index (Phi) is 6.23. The number of ether oxygens (including phenoxy) is 1. The number of carbonyl (C=O) groups excluding carboxylic acids is 1. The minimum Gasteiger partial charge on any atom is -0.381 e. The molecule has 2 N–H and O–H groups in total. The van der Waals surface area contributed by atoms with Crippen molar-refractivity contribution in [2.24, 2.45) is 5.92 Å². The van der Waals surface area contributed by atoms with Gasteiger partial charge in [0.2, 0.25) is 0 Å². The predicted octanol–water partition coefficient (Wildman–Crippen LogP) is 2.55. The first-order valence-corrected chi connectivity index (χ1v) is 8.76. The summed E-state index contributed by atoms with van der Waals surface area (Å²) in [7, 11) is 0. The van der Waals surface area contributed by atoms with Crippen molar-refractivity contribution in [1.29, 1.82) is 0 Å². The van der Waals surface area contributed by atoms with Gasteiger partial charge >= 0.3 is 6.03 Å². The van der Waals surface area contributed by atoms with Crippen molar-refractivity contribution in [2.45, 2.75) is 36.9 Å². The van der Waals surface area contributed by atoms with E-state index in [-0.39, 0.29) is 10.8 Å². The smallest absolute Gasteiger partial charge is 0.314 e. The van der Waals surface area contributed by atoms with Crippen LogP contribution in [0, 0.1) is 5.92 Å². The van der Waals surface area contributed by atoms with Gasteiger partial charge in [0.1, 0.15) is 0 Å². The van der Waals surface area contributed by atoms with Gasteiger partial charge in [-0.1, -0.05) is 12.2 Å². The molecule has 0 spiro atoms. The minimum absolute atomic E-state index is 0.0283. The predicted molar refractivity (Wildman–Crippen MR) is 84.2 cm³/mol. The lowest BCUT2D eigenvalue weighted by atomic mass is 9.94. The second-order valence-electron chi connectivity index (χ2n) is 5.71. The highest BCUT2D eigenvalue weighted by Crippen LogP contribution is 2.32. The van der Waals surface area contributed by atoms with E-state index in [4.69, 9.17) is 4.74 Å². The molecule has 5 heteroatoms. The van der Waals surface area contributed by atoms with Gasteiger partial charge in [-0.25, -0.2) is 4.79 Å². The monoisotopic (exact) mass is 298 g/mol. The van der Waals surface area contributed by atoms with Crippen LogP contribution in [0.25, 0.3) is 0 Å². The number of thioether (sulfide) groups is 1. The summed E-state index contributed by atoms with van der Waals surface area (Å²) in [5.41, 5.74) is 0. The van der Waals surface area contributed by atoms with E-state index < -0.39 is 0 Å². The normalized spacial score (nSPS) is 25.1. The number of rotatable bonds is 5. The van der Waals surface area contributed by atoms with Crippen LogP contribution in [0.2, 0.25) is 0 Å². The molecule has 1 heterocycles. The lowest BCUT2D eigenvalue weighted by Gasteiger charge is -2.35. The Bertz CT molecular complexity index is 341. The zero-order valence-corrected chi connectivity index (χ0v) is 13.1. The molecule has 2 amide bonds. The molecule has 1 saturated heterocycles. The fourth-order valence-electron chi connectivity index (χ4n) is 2.78. The highest BCUT2D eigenvalue weighted by atomic mass is 32.2. The van der Waals surface area contributed by atoms with Crippen molar-refractivity contribution < 1.29 is 9.53 Å². The first-order chi connectivity index (χ1) is 9.74. The number of urea groups is 1. The summed E-state index contributed by atoms with van der Waals surface area (Å²) in [5.74, 6) is 0.600. The van der Waals surface area contributed by atoms with Crippen LogP contribution in [0.3, 0.4) is 0 Å². The maximum atomic E-state index is 11.9. The number of hydrogen-bond acceptors (Lipinski definition) is 3. The first kappa shape index (κ1) is 15.7. The Morgan fingerprint density at radius 3 is 2.80 bits per heavy atom. The largest absolute Gasteiger partial charge is 0.381 e. The molecule has 1 fully saturated rings. The molecule has 2 aliphatic rings. The second-order valence-corrected chi connectivity index (χ2v) is 6.99. The number of carbonyl (C=O) groups is 1. The van der Waals surface area contributed by atoms with Gasteiger partial charge in [-0.3, -0.25) is 0 Å². The van der Waals surface area contributed by atoms with Gasteiger partial charge in [0.25, 0.3) is 0 Å². The third kappa shape index (κ3) is 4.70. The highest BCUT2D eigenvalue weighted by molar-refractivity contribution is 8.00. The van der Waals surface area contributed by atoms with E-state index in [2.05, 4.69) is 29.0 Å². The number of hydrogen-bond donors (Lipinski definition) is 2. The van der Waals surface area contributed by atoms with Crippen LogP contribution in [0.1, 0.15) is 32.1 Å². The van der Waals surface area contributed by atoms with Gasteiger partial charge in [-0.05, 0) is 44.3 Å². The molecule has 0 aromatic rings. The Morgan fingerprint density at radius 1 is 1.35 bits per heavy atom. The van der Waals surface area contributed by atoms with Gasteiger partial charge in [0, 0.05) is 31.1 Å². The molecular formula is C15H26N2O2S. The standard InChI is InChI=1S/C15H26N2O2S/c1-20-15(7-9-19-10-8-15)12-17-14(18)16-11-13-5-3-2-4-6-13/h2-3,13H,4-12H2,1H3,(H2,16,17,18)/t13-/m1/s1. The van der Waals surface area contributed by atoms with E-state index in [9.17, 15) is 4.79 Å². The molecule has 2 rings (SSSR count). The minimum atomic E-state index is -0.0283. The third-order valence-electron chi connectivity index (χ3n) is 4.34. The van der Waals surface area contributed by atoms with E-state index in [1.807, 2.05) is 11.8 Å². The molecule has 0 saturated carbocycles. The molecular weight excluding hydrogens is 272 g/mol. The van der Waals surface area contributed by atoms with Gasteiger partial charge in [-0.2, -0.15) is 11.8 Å². The van der Waals surface area contributed by atoms with E-state index >= 15 is 0 Å². The van der Waals surface area contributed by atoms with Crippen molar-refractivity contribution in [3.8, 4) is 0 Å². The number of amides is 2. The van der Waals surface area contributed by atoms with Crippen LogP contribution in [0.15, 0.2) is 12.2 Å². The number of allylic oxidation sites excluding steroid dienone is 2. The molecule has 20 heavy (non-hydrogen) atoms. The zero-order chi connectivity index (χ0) is 14.3. The maximum absolute atomic E-state index is 11.9. The van der Waals surface area contributed by atoms with E-state index in [0.29, 0.717) is 5.92 Å². The summed E-state index contributed by atoms with van der Waals surface area (Å²) in [6.07, 6.45) is 12.0. The molecule has 4 nitrogen and oxygen atoms in total. The van der Waals surface area contributed by atoms with E-state index in [1.165, 1.54) is 6.42 Å². The fraction of sp³-hybridized carbons (Fsp3) is 0.800. The molecule has 1 aliphatic heterocycles. The van der Waals surface area contributed by atoms with Crippen LogP contribution >= 0.6 is 11.8 Å². The molecule has 1 atom stereocenters. The van der Waals surface area contributed by atoms with Crippen LogP contribution in [0.4, 0.5) is 4.79 Å². The molecule has 0 bridgehead atoms. The van der Waals surface area contributed by atoms with Crippen molar-refractivity contribution >= 4 is 17.8 Å². The topological polar surface area (TPSA) is 50.4 Å². The molecule has 0 aromatic carbocycles. The molecule has 114 valence electrons. The molecule has 0 radical (unpaired) electrons. The van der Waals surface area contributed by atoms with E-state index in [1.54, 1.807) is 0 Å². The lowest BCUT2D eigenvalue weighted by molar-refractivity contribution is 0.0777. The van der Waals surface area contributed by atoms with Crippen molar-refractivity contribution in [2.75, 3.05) is 32.6 Å².